The van der Waals surface area contributed by atoms with Gasteiger partial charge in [-0.15, -0.1) is 0 Å². The van der Waals surface area contributed by atoms with Gasteiger partial charge in [0.2, 0.25) is 0 Å². The van der Waals surface area contributed by atoms with Crippen molar-refractivity contribution in [3.05, 3.63) is 18.7 Å². The predicted molar refractivity (Wildman–Crippen MR) is 60.7 cm³/mol. The van der Waals surface area contributed by atoms with Crippen LogP contribution in [0.1, 0.15) is 19.3 Å². The van der Waals surface area contributed by atoms with Crippen molar-refractivity contribution in [2.24, 2.45) is 0 Å². The number of imidazole rings is 1. The molecule has 0 amide bonds. The molecule has 4 heteroatoms. The second kappa shape index (κ2) is 5.88. The van der Waals surface area contributed by atoms with Crippen molar-refractivity contribution < 1.29 is 0 Å². The Labute approximate surface area is 91.1 Å². The second-order valence-corrected chi connectivity index (χ2v) is 4.15. The summed E-state index contributed by atoms with van der Waals surface area (Å²) in [5.41, 5.74) is 0. The Hall–Kier alpha value is -0.870. The summed E-state index contributed by atoms with van der Waals surface area (Å²) in [4.78, 5) is 4.02. The molecule has 1 aliphatic rings. The van der Waals surface area contributed by atoms with Gasteiger partial charge in [-0.3, -0.25) is 0 Å². The molecule has 1 fully saturated rings. The molecule has 2 N–H and O–H groups in total. The number of hydrogen-bond acceptors (Lipinski definition) is 3. The lowest BCUT2D eigenvalue weighted by molar-refractivity contribution is 0.513. The highest BCUT2D eigenvalue weighted by Gasteiger charge is 2.12. The Bertz CT molecular complexity index is 252. The molecule has 2 rings (SSSR count). The molecular formula is C11H20N4. The number of aromatic nitrogens is 2. The van der Waals surface area contributed by atoms with E-state index in [0.717, 1.165) is 19.6 Å². The second-order valence-electron chi connectivity index (χ2n) is 4.15. The van der Waals surface area contributed by atoms with Crippen LogP contribution in [0, 0.1) is 0 Å². The average Bonchev–Trinajstić information content (AvgIpc) is 2.88. The third kappa shape index (κ3) is 3.64. The fourth-order valence-corrected chi connectivity index (χ4v) is 2.01. The Morgan fingerprint density at radius 2 is 2.53 bits per heavy atom. The van der Waals surface area contributed by atoms with Gasteiger partial charge in [0.15, 0.2) is 0 Å². The largest absolute Gasteiger partial charge is 0.337 e. The molecule has 0 bridgehead atoms. The van der Waals surface area contributed by atoms with Crippen LogP contribution < -0.4 is 10.6 Å². The van der Waals surface area contributed by atoms with Gasteiger partial charge < -0.3 is 15.2 Å². The summed E-state index contributed by atoms with van der Waals surface area (Å²) in [7, 11) is 0. The zero-order chi connectivity index (χ0) is 10.3. The van der Waals surface area contributed by atoms with Crippen LogP contribution in [-0.2, 0) is 6.54 Å². The van der Waals surface area contributed by atoms with Crippen LogP contribution in [0.3, 0.4) is 0 Å². The maximum Gasteiger partial charge on any atom is 0.0945 e. The fraction of sp³-hybridized carbons (Fsp3) is 0.727. The lowest BCUT2D eigenvalue weighted by atomic mass is 10.2. The van der Waals surface area contributed by atoms with Crippen LogP contribution in [-0.4, -0.2) is 35.2 Å². The Morgan fingerprint density at radius 1 is 1.53 bits per heavy atom. The number of hydrogen-bond donors (Lipinski definition) is 2. The first kappa shape index (κ1) is 10.6. The summed E-state index contributed by atoms with van der Waals surface area (Å²) >= 11 is 0. The van der Waals surface area contributed by atoms with Gasteiger partial charge in [0.05, 0.1) is 6.33 Å². The standard InChI is InChI=1S/C11H20N4/c1-3-11(14-5-1)9-12-4-2-7-15-8-6-13-10-15/h6,8,10-12,14H,1-5,7,9H2. The lowest BCUT2D eigenvalue weighted by Gasteiger charge is -2.11. The molecule has 0 radical (unpaired) electrons. The molecule has 1 aromatic heterocycles. The molecule has 0 saturated carbocycles. The van der Waals surface area contributed by atoms with E-state index in [0.29, 0.717) is 6.04 Å². The van der Waals surface area contributed by atoms with E-state index in [1.54, 1.807) is 0 Å². The van der Waals surface area contributed by atoms with E-state index in [-0.39, 0.29) is 0 Å². The summed E-state index contributed by atoms with van der Waals surface area (Å²) in [5.74, 6) is 0. The summed E-state index contributed by atoms with van der Waals surface area (Å²) in [6.07, 6.45) is 9.55. The van der Waals surface area contributed by atoms with Gasteiger partial charge in [0, 0.05) is 31.5 Å². The Kier molecular flexibility index (Phi) is 4.17. The number of rotatable bonds is 6. The summed E-state index contributed by atoms with van der Waals surface area (Å²) in [6, 6.07) is 0.707. The Morgan fingerprint density at radius 3 is 3.27 bits per heavy atom. The molecule has 1 aliphatic heterocycles. The quantitative estimate of drug-likeness (QED) is 0.673. The molecule has 15 heavy (non-hydrogen) atoms. The number of nitrogens with zero attached hydrogens (tertiary/aromatic N) is 2. The first-order valence-electron chi connectivity index (χ1n) is 5.85. The molecule has 4 nitrogen and oxygen atoms in total. The minimum absolute atomic E-state index is 0.707. The van der Waals surface area contributed by atoms with Crippen LogP contribution in [0.2, 0.25) is 0 Å². The van der Waals surface area contributed by atoms with Crippen LogP contribution in [0.15, 0.2) is 18.7 Å². The van der Waals surface area contributed by atoms with Crippen LogP contribution in [0.25, 0.3) is 0 Å². The maximum atomic E-state index is 4.02. The van der Waals surface area contributed by atoms with E-state index >= 15 is 0 Å². The molecule has 2 heterocycles. The first-order valence-corrected chi connectivity index (χ1v) is 5.85. The van der Waals surface area contributed by atoms with Crippen molar-refractivity contribution in [3.8, 4) is 0 Å². The van der Waals surface area contributed by atoms with Gasteiger partial charge >= 0.3 is 0 Å². The lowest BCUT2D eigenvalue weighted by Crippen LogP contribution is -2.34. The van der Waals surface area contributed by atoms with Gasteiger partial charge in [-0.25, -0.2) is 4.98 Å². The monoisotopic (exact) mass is 208 g/mol. The molecule has 1 unspecified atom stereocenters. The molecule has 1 atom stereocenters. The summed E-state index contributed by atoms with van der Waals surface area (Å²) < 4.78 is 2.12. The molecule has 0 aliphatic carbocycles. The van der Waals surface area contributed by atoms with Crippen molar-refractivity contribution in [3.63, 3.8) is 0 Å². The zero-order valence-corrected chi connectivity index (χ0v) is 9.15. The highest BCUT2D eigenvalue weighted by molar-refractivity contribution is 4.76. The number of nitrogens with one attached hydrogen (secondary N) is 2. The molecule has 84 valence electrons. The maximum absolute atomic E-state index is 4.02. The highest BCUT2D eigenvalue weighted by Crippen LogP contribution is 2.02. The van der Waals surface area contributed by atoms with E-state index in [9.17, 15) is 0 Å². The zero-order valence-electron chi connectivity index (χ0n) is 9.15. The molecule has 1 aromatic rings. The number of aryl methyl sites for hydroxylation is 1. The van der Waals surface area contributed by atoms with Crippen LogP contribution in [0.4, 0.5) is 0 Å². The van der Waals surface area contributed by atoms with Crippen molar-refractivity contribution in [2.45, 2.75) is 31.8 Å². The summed E-state index contributed by atoms with van der Waals surface area (Å²) in [6.45, 7) is 4.47. The third-order valence-corrected chi connectivity index (χ3v) is 2.88. The first-order chi connectivity index (χ1) is 7.45. The minimum Gasteiger partial charge on any atom is -0.337 e. The van der Waals surface area contributed by atoms with Gasteiger partial charge in [-0.2, -0.15) is 0 Å². The molecular weight excluding hydrogens is 188 g/mol. The van der Waals surface area contributed by atoms with E-state index in [4.69, 9.17) is 0 Å². The van der Waals surface area contributed by atoms with E-state index in [2.05, 4.69) is 20.2 Å². The van der Waals surface area contributed by atoms with E-state index < -0.39 is 0 Å². The SMILES string of the molecule is c1cn(CCCNCC2CCCN2)cn1. The van der Waals surface area contributed by atoms with Crippen LogP contribution >= 0.6 is 0 Å². The van der Waals surface area contributed by atoms with Gasteiger partial charge in [-0.1, -0.05) is 0 Å². The Balaban J connectivity index is 1.48. The van der Waals surface area contributed by atoms with Gasteiger partial charge in [-0.05, 0) is 32.4 Å². The topological polar surface area (TPSA) is 41.9 Å². The normalized spacial score (nSPS) is 20.9. The third-order valence-electron chi connectivity index (χ3n) is 2.88. The van der Waals surface area contributed by atoms with E-state index in [1.807, 2.05) is 18.7 Å². The van der Waals surface area contributed by atoms with Crippen molar-refractivity contribution in [2.75, 3.05) is 19.6 Å². The highest BCUT2D eigenvalue weighted by atomic mass is 15.0. The van der Waals surface area contributed by atoms with Gasteiger partial charge in [0.25, 0.3) is 0 Å². The molecule has 1 saturated heterocycles. The smallest absolute Gasteiger partial charge is 0.0945 e. The molecule has 0 spiro atoms. The van der Waals surface area contributed by atoms with Crippen molar-refractivity contribution in [1.82, 2.24) is 20.2 Å². The minimum atomic E-state index is 0.707. The fourth-order valence-electron chi connectivity index (χ4n) is 2.01. The summed E-state index contributed by atoms with van der Waals surface area (Å²) in [5, 5.41) is 6.98. The van der Waals surface area contributed by atoms with Crippen molar-refractivity contribution >= 4 is 0 Å². The van der Waals surface area contributed by atoms with Crippen LogP contribution in [0.5, 0.6) is 0 Å². The van der Waals surface area contributed by atoms with Gasteiger partial charge in [0.1, 0.15) is 0 Å². The van der Waals surface area contributed by atoms with Crippen molar-refractivity contribution in [1.29, 1.82) is 0 Å². The molecule has 0 aromatic carbocycles. The van der Waals surface area contributed by atoms with E-state index in [1.165, 1.54) is 25.8 Å². The predicted octanol–water partition coefficient (Wildman–Crippen LogP) is 0.615. The average molecular weight is 208 g/mol.